The summed E-state index contributed by atoms with van der Waals surface area (Å²) in [6.45, 7) is 5.99. The number of hydrogen-bond acceptors (Lipinski definition) is 4. The highest BCUT2D eigenvalue weighted by Crippen LogP contribution is 2.45. The molecule has 0 aliphatic heterocycles. The Hall–Kier alpha value is -3.26. The van der Waals surface area contributed by atoms with Gasteiger partial charge in [0.05, 0.1) is 17.2 Å². The molecule has 1 aliphatic rings. The van der Waals surface area contributed by atoms with Crippen LogP contribution >= 0.6 is 0 Å². The van der Waals surface area contributed by atoms with Gasteiger partial charge in [-0.15, -0.1) is 0 Å². The van der Waals surface area contributed by atoms with Crippen LogP contribution in [0.25, 0.3) is 27.8 Å². The van der Waals surface area contributed by atoms with Gasteiger partial charge in [-0.3, -0.25) is 5.10 Å². The molecule has 4 aromatic rings. The summed E-state index contributed by atoms with van der Waals surface area (Å²) in [5, 5.41) is 27.9. The fourth-order valence-electron chi connectivity index (χ4n) is 5.22. The van der Waals surface area contributed by atoms with Gasteiger partial charge in [0.2, 0.25) is 0 Å². The molecule has 3 heterocycles. The normalized spacial score (nSPS) is 21.3. The number of carboxylic acid groups (broad SMARTS) is 1. The predicted octanol–water partition coefficient (Wildman–Crippen LogP) is 4.95. The Morgan fingerprint density at radius 1 is 1.27 bits per heavy atom. The van der Waals surface area contributed by atoms with Gasteiger partial charge >= 0.3 is 5.97 Å². The number of benzene rings is 1. The minimum atomic E-state index is -1.68. The molecule has 8 heteroatoms. The lowest BCUT2D eigenvalue weighted by Gasteiger charge is -2.33. The molecule has 0 amide bonds. The highest BCUT2D eigenvalue weighted by atomic mass is 19.1. The van der Waals surface area contributed by atoms with Gasteiger partial charge in [-0.1, -0.05) is 13.8 Å². The lowest BCUT2D eigenvalue weighted by molar-refractivity contribution is -0.162. The van der Waals surface area contributed by atoms with Crippen LogP contribution in [0.5, 0.6) is 0 Å². The molecule has 0 unspecified atom stereocenters. The maximum Gasteiger partial charge on any atom is 0.335 e. The van der Waals surface area contributed by atoms with Gasteiger partial charge in [-0.25, -0.2) is 14.2 Å². The van der Waals surface area contributed by atoms with Crippen LogP contribution in [0, 0.1) is 12.7 Å². The van der Waals surface area contributed by atoms with Crippen LogP contribution in [0.3, 0.4) is 0 Å². The quantitative estimate of drug-likeness (QED) is 0.408. The number of aliphatic carboxylic acids is 1. The van der Waals surface area contributed by atoms with E-state index in [1.54, 1.807) is 19.2 Å². The van der Waals surface area contributed by atoms with E-state index >= 15 is 0 Å². The zero-order chi connectivity index (χ0) is 23.5. The van der Waals surface area contributed by atoms with Gasteiger partial charge < -0.3 is 14.8 Å². The van der Waals surface area contributed by atoms with Crippen molar-refractivity contribution in [2.24, 2.45) is 0 Å². The molecule has 7 nitrogen and oxygen atoms in total. The average molecular weight is 451 g/mol. The van der Waals surface area contributed by atoms with Crippen LogP contribution in [0.1, 0.15) is 68.2 Å². The zero-order valence-corrected chi connectivity index (χ0v) is 18.9. The van der Waals surface area contributed by atoms with Crippen molar-refractivity contribution in [2.75, 3.05) is 0 Å². The van der Waals surface area contributed by atoms with Gasteiger partial charge in [-0.2, -0.15) is 5.10 Å². The van der Waals surface area contributed by atoms with Crippen molar-refractivity contribution in [3.63, 3.8) is 0 Å². The second-order valence-corrected chi connectivity index (χ2v) is 9.50. The Labute approximate surface area is 190 Å². The SMILES string of the molecule is Cc1cc(-n2c(C(C)C)c(C3CCC(O)(C(=O)O)CC3)c3nc4[nH]ncc4cc32)ccc1F. The number of nitrogens with zero attached hydrogens (tertiary/aromatic N) is 3. The lowest BCUT2D eigenvalue weighted by atomic mass is 9.75. The van der Waals surface area contributed by atoms with E-state index in [4.69, 9.17) is 4.98 Å². The Morgan fingerprint density at radius 3 is 2.64 bits per heavy atom. The number of aliphatic hydroxyl groups is 1. The van der Waals surface area contributed by atoms with Crippen molar-refractivity contribution >= 4 is 28.0 Å². The topological polar surface area (TPSA) is 104 Å². The Bertz CT molecular complexity index is 1380. The van der Waals surface area contributed by atoms with Crippen molar-refractivity contribution in [2.45, 2.75) is 63.9 Å². The first-order valence-corrected chi connectivity index (χ1v) is 11.3. The molecule has 0 spiro atoms. The molecular weight excluding hydrogens is 423 g/mol. The van der Waals surface area contributed by atoms with E-state index in [0.717, 1.165) is 33.4 Å². The third-order valence-electron chi connectivity index (χ3n) is 6.98. The van der Waals surface area contributed by atoms with Gasteiger partial charge in [0.25, 0.3) is 0 Å². The van der Waals surface area contributed by atoms with Crippen LogP contribution in [0.15, 0.2) is 30.5 Å². The van der Waals surface area contributed by atoms with Crippen molar-refractivity contribution < 1.29 is 19.4 Å². The summed E-state index contributed by atoms with van der Waals surface area (Å²) < 4.78 is 16.2. The largest absolute Gasteiger partial charge is 0.479 e. The molecule has 0 saturated heterocycles. The number of pyridine rings is 1. The number of nitrogens with one attached hydrogen (secondary N) is 1. The van der Waals surface area contributed by atoms with E-state index in [2.05, 4.69) is 28.6 Å². The monoisotopic (exact) mass is 450 g/mol. The Morgan fingerprint density at radius 2 is 2.00 bits per heavy atom. The van der Waals surface area contributed by atoms with E-state index in [-0.39, 0.29) is 30.5 Å². The molecule has 1 aromatic carbocycles. The first-order valence-electron chi connectivity index (χ1n) is 11.3. The molecule has 1 saturated carbocycles. The van der Waals surface area contributed by atoms with E-state index in [1.165, 1.54) is 6.07 Å². The number of hydrogen-bond donors (Lipinski definition) is 3. The molecule has 3 N–H and O–H groups in total. The zero-order valence-electron chi connectivity index (χ0n) is 18.9. The number of aromatic amines is 1. The molecule has 0 bridgehead atoms. The number of aryl methyl sites for hydroxylation is 1. The smallest absolute Gasteiger partial charge is 0.335 e. The highest BCUT2D eigenvalue weighted by molar-refractivity contribution is 5.93. The third-order valence-corrected chi connectivity index (χ3v) is 6.98. The van der Waals surface area contributed by atoms with Crippen molar-refractivity contribution in [1.82, 2.24) is 19.7 Å². The number of aromatic nitrogens is 4. The molecule has 1 fully saturated rings. The fourth-order valence-corrected chi connectivity index (χ4v) is 5.22. The van der Waals surface area contributed by atoms with Crippen LogP contribution in [-0.4, -0.2) is 41.5 Å². The summed E-state index contributed by atoms with van der Waals surface area (Å²) in [5.41, 5.74) is 4.33. The highest BCUT2D eigenvalue weighted by Gasteiger charge is 2.42. The van der Waals surface area contributed by atoms with Gasteiger partial charge in [0, 0.05) is 22.3 Å². The Balaban J connectivity index is 1.77. The lowest BCUT2D eigenvalue weighted by Crippen LogP contribution is -2.41. The molecule has 0 atom stereocenters. The first kappa shape index (κ1) is 21.6. The van der Waals surface area contributed by atoms with Crippen LogP contribution in [0.4, 0.5) is 4.39 Å². The maximum atomic E-state index is 14.1. The van der Waals surface area contributed by atoms with Gasteiger partial charge in [0.1, 0.15) is 5.82 Å². The van der Waals surface area contributed by atoms with Crippen molar-refractivity contribution in [3.8, 4) is 5.69 Å². The number of H-pyrrole nitrogens is 1. The number of carbonyl (C=O) groups is 1. The summed E-state index contributed by atoms with van der Waals surface area (Å²) in [5.74, 6) is -1.22. The fraction of sp³-hybridized carbons (Fsp3) is 0.400. The van der Waals surface area contributed by atoms with Crippen molar-refractivity contribution in [1.29, 1.82) is 0 Å². The molecule has 172 valence electrons. The maximum absolute atomic E-state index is 14.1. The summed E-state index contributed by atoms with van der Waals surface area (Å²) in [6.07, 6.45) is 3.22. The first-order chi connectivity index (χ1) is 15.7. The summed E-state index contributed by atoms with van der Waals surface area (Å²) in [6, 6.07) is 7.15. The standard InChI is InChI=1S/C25H27FN4O3/c1-13(2)22-20(15-6-8-25(33,9-7-15)24(31)32)21-19(11-16-12-27-29-23(16)28-21)30(22)17-4-5-18(26)14(3)10-17/h4-5,10-13,15,33H,6-9H2,1-3H3,(H,31,32)(H,27,28,29). The van der Waals surface area contributed by atoms with E-state index < -0.39 is 11.6 Å². The summed E-state index contributed by atoms with van der Waals surface area (Å²) in [7, 11) is 0. The molecular formula is C25H27FN4O3. The Kier molecular flexibility index (Phi) is 5.01. The van der Waals surface area contributed by atoms with E-state index in [1.807, 2.05) is 12.1 Å². The van der Waals surface area contributed by atoms with Gasteiger partial charge in [-0.05, 0) is 74.3 Å². The minimum Gasteiger partial charge on any atom is -0.479 e. The van der Waals surface area contributed by atoms with Gasteiger partial charge in [0.15, 0.2) is 11.2 Å². The molecule has 33 heavy (non-hydrogen) atoms. The predicted molar refractivity (Wildman–Crippen MR) is 123 cm³/mol. The van der Waals surface area contributed by atoms with Crippen LogP contribution in [0.2, 0.25) is 0 Å². The number of fused-ring (bicyclic) bond motifs is 2. The third kappa shape index (κ3) is 3.40. The minimum absolute atomic E-state index is 0.0557. The molecule has 1 aliphatic carbocycles. The number of rotatable bonds is 4. The summed E-state index contributed by atoms with van der Waals surface area (Å²) >= 11 is 0. The second kappa shape index (κ2) is 7.66. The number of carboxylic acids is 1. The van der Waals surface area contributed by atoms with Crippen molar-refractivity contribution in [3.05, 3.63) is 53.1 Å². The van der Waals surface area contributed by atoms with Crippen LogP contribution in [-0.2, 0) is 4.79 Å². The van der Waals surface area contributed by atoms with E-state index in [0.29, 0.717) is 24.1 Å². The van der Waals surface area contributed by atoms with Crippen LogP contribution < -0.4 is 0 Å². The van der Waals surface area contributed by atoms with E-state index in [9.17, 15) is 19.4 Å². The molecule has 5 rings (SSSR count). The average Bonchev–Trinajstić information content (AvgIpc) is 3.36. The number of halogens is 1. The second-order valence-electron chi connectivity index (χ2n) is 9.50. The molecule has 0 radical (unpaired) electrons. The summed E-state index contributed by atoms with van der Waals surface area (Å²) in [4.78, 5) is 16.5. The molecule has 3 aromatic heterocycles.